The average Bonchev–Trinajstić information content (AvgIpc) is 2.22. The van der Waals surface area contributed by atoms with E-state index >= 15 is 0 Å². The molecule has 0 N–H and O–H groups in total. The molecule has 0 saturated heterocycles. The molecule has 0 aliphatic rings. The SMILES string of the molecule is COC(=O)Cc1cccc(OC(F)(F)F)c1Br. The van der Waals surface area contributed by atoms with Gasteiger partial charge in [-0.1, -0.05) is 12.1 Å². The van der Waals surface area contributed by atoms with Gasteiger partial charge in [-0.2, -0.15) is 0 Å². The van der Waals surface area contributed by atoms with E-state index in [1.54, 1.807) is 0 Å². The number of hydrogen-bond acceptors (Lipinski definition) is 3. The highest BCUT2D eigenvalue weighted by molar-refractivity contribution is 9.10. The molecule has 0 spiro atoms. The fourth-order valence-electron chi connectivity index (χ4n) is 1.12. The Labute approximate surface area is 104 Å². The molecule has 0 bridgehead atoms. The van der Waals surface area contributed by atoms with Gasteiger partial charge in [0.1, 0.15) is 5.75 Å². The van der Waals surface area contributed by atoms with Gasteiger partial charge in [-0.15, -0.1) is 13.2 Å². The quantitative estimate of drug-likeness (QED) is 0.805. The minimum Gasteiger partial charge on any atom is -0.469 e. The predicted octanol–water partition coefficient (Wildman–Crippen LogP) is 3.06. The number of benzene rings is 1. The zero-order chi connectivity index (χ0) is 13.1. The average molecular weight is 313 g/mol. The molecule has 0 amide bonds. The molecule has 0 radical (unpaired) electrons. The molecule has 3 nitrogen and oxygen atoms in total. The minimum absolute atomic E-state index is 0.0859. The van der Waals surface area contributed by atoms with Gasteiger partial charge in [0.15, 0.2) is 0 Å². The smallest absolute Gasteiger partial charge is 0.469 e. The predicted molar refractivity (Wildman–Crippen MR) is 56.5 cm³/mol. The third-order valence-electron chi connectivity index (χ3n) is 1.83. The van der Waals surface area contributed by atoms with E-state index in [1.165, 1.54) is 19.2 Å². The number of alkyl halides is 3. The molecule has 1 aromatic rings. The number of halogens is 4. The van der Waals surface area contributed by atoms with Crippen molar-refractivity contribution in [1.82, 2.24) is 0 Å². The second kappa shape index (κ2) is 5.39. The van der Waals surface area contributed by atoms with E-state index in [0.717, 1.165) is 6.07 Å². The summed E-state index contributed by atoms with van der Waals surface area (Å²) in [7, 11) is 1.20. The minimum atomic E-state index is -4.77. The Morgan fingerprint density at radius 1 is 1.41 bits per heavy atom. The van der Waals surface area contributed by atoms with E-state index < -0.39 is 12.3 Å². The van der Waals surface area contributed by atoms with E-state index in [0.29, 0.717) is 5.56 Å². The Balaban J connectivity index is 2.95. The first-order valence-corrected chi connectivity index (χ1v) is 5.22. The Morgan fingerprint density at radius 3 is 2.59 bits per heavy atom. The molecule has 0 aliphatic carbocycles. The maximum Gasteiger partial charge on any atom is 0.573 e. The van der Waals surface area contributed by atoms with Gasteiger partial charge in [0.05, 0.1) is 18.0 Å². The highest BCUT2D eigenvalue weighted by Crippen LogP contribution is 2.33. The number of carbonyl (C=O) groups excluding carboxylic acids is 1. The topological polar surface area (TPSA) is 35.5 Å². The van der Waals surface area contributed by atoms with E-state index in [1.807, 2.05) is 0 Å². The molecule has 1 rings (SSSR count). The van der Waals surface area contributed by atoms with Crippen LogP contribution in [0.2, 0.25) is 0 Å². The van der Waals surface area contributed by atoms with Crippen LogP contribution in [0.15, 0.2) is 22.7 Å². The molecule has 94 valence electrons. The van der Waals surface area contributed by atoms with Crippen LogP contribution in [0.1, 0.15) is 5.56 Å². The van der Waals surface area contributed by atoms with Crippen LogP contribution in [0.3, 0.4) is 0 Å². The summed E-state index contributed by atoms with van der Waals surface area (Å²) in [5.41, 5.74) is 0.360. The summed E-state index contributed by atoms with van der Waals surface area (Å²) in [6.45, 7) is 0. The molecule has 7 heteroatoms. The summed E-state index contributed by atoms with van der Waals surface area (Å²) in [6.07, 6.45) is -4.90. The highest BCUT2D eigenvalue weighted by atomic mass is 79.9. The summed E-state index contributed by atoms with van der Waals surface area (Å²) in [6, 6.07) is 4.02. The molecular weight excluding hydrogens is 305 g/mol. The molecule has 0 unspecified atom stereocenters. The summed E-state index contributed by atoms with van der Waals surface area (Å²) in [4.78, 5) is 11.0. The lowest BCUT2D eigenvalue weighted by atomic mass is 10.1. The van der Waals surface area contributed by atoms with Crippen LogP contribution in [0, 0.1) is 0 Å². The number of carbonyl (C=O) groups is 1. The van der Waals surface area contributed by atoms with Gasteiger partial charge in [0.25, 0.3) is 0 Å². The zero-order valence-corrected chi connectivity index (χ0v) is 10.3. The standard InChI is InChI=1S/C10H8BrF3O3/c1-16-8(15)5-6-3-2-4-7(9(6)11)17-10(12,13)14/h2-4H,5H2,1H3. The van der Waals surface area contributed by atoms with Crippen molar-refractivity contribution in [2.24, 2.45) is 0 Å². The van der Waals surface area contributed by atoms with Crippen molar-refractivity contribution in [3.05, 3.63) is 28.2 Å². The number of esters is 1. The van der Waals surface area contributed by atoms with Gasteiger partial charge in [-0.25, -0.2) is 0 Å². The lowest BCUT2D eigenvalue weighted by Gasteiger charge is -2.12. The third-order valence-corrected chi connectivity index (χ3v) is 2.73. The van der Waals surface area contributed by atoms with Crippen molar-refractivity contribution in [2.75, 3.05) is 7.11 Å². The summed E-state index contributed by atoms with van der Waals surface area (Å²) in [5.74, 6) is -0.936. The lowest BCUT2D eigenvalue weighted by Crippen LogP contribution is -2.17. The van der Waals surface area contributed by atoms with Gasteiger partial charge in [-0.3, -0.25) is 4.79 Å². The Kier molecular flexibility index (Phi) is 4.39. The van der Waals surface area contributed by atoms with Gasteiger partial charge >= 0.3 is 12.3 Å². The summed E-state index contributed by atoms with van der Waals surface area (Å²) < 4.78 is 44.4. The van der Waals surface area contributed by atoms with Gasteiger partial charge in [-0.05, 0) is 27.6 Å². The first kappa shape index (κ1) is 13.8. The van der Waals surface area contributed by atoms with Gasteiger partial charge in [0.2, 0.25) is 0 Å². The molecule has 0 aliphatic heterocycles. The molecule has 1 aromatic carbocycles. The van der Waals surface area contributed by atoms with E-state index in [2.05, 4.69) is 25.4 Å². The van der Waals surface area contributed by atoms with Crippen molar-refractivity contribution >= 4 is 21.9 Å². The van der Waals surface area contributed by atoms with Crippen molar-refractivity contribution in [3.8, 4) is 5.75 Å². The van der Waals surface area contributed by atoms with Gasteiger partial charge < -0.3 is 9.47 Å². The van der Waals surface area contributed by atoms with E-state index in [-0.39, 0.29) is 16.6 Å². The molecule has 0 fully saturated rings. The lowest BCUT2D eigenvalue weighted by molar-refractivity contribution is -0.274. The van der Waals surface area contributed by atoms with Crippen molar-refractivity contribution in [2.45, 2.75) is 12.8 Å². The largest absolute Gasteiger partial charge is 0.573 e. The van der Waals surface area contributed by atoms with Crippen LogP contribution in [-0.2, 0) is 16.0 Å². The molecule has 0 aromatic heterocycles. The maximum absolute atomic E-state index is 12.0. The fraction of sp³-hybridized carbons (Fsp3) is 0.300. The van der Waals surface area contributed by atoms with Crippen molar-refractivity contribution < 1.29 is 27.4 Å². The molecule has 17 heavy (non-hydrogen) atoms. The fourth-order valence-corrected chi connectivity index (χ4v) is 1.61. The maximum atomic E-state index is 12.0. The van der Waals surface area contributed by atoms with E-state index in [9.17, 15) is 18.0 Å². The number of hydrogen-bond donors (Lipinski definition) is 0. The number of ether oxygens (including phenoxy) is 2. The molecule has 0 atom stereocenters. The Bertz CT molecular complexity index is 418. The van der Waals surface area contributed by atoms with Crippen LogP contribution >= 0.6 is 15.9 Å². The normalized spacial score (nSPS) is 11.1. The Hall–Kier alpha value is -1.24. The molecule has 0 heterocycles. The number of methoxy groups -OCH3 is 1. The summed E-state index contributed by atoms with van der Waals surface area (Å²) >= 11 is 2.96. The van der Waals surface area contributed by atoms with Crippen molar-refractivity contribution in [3.63, 3.8) is 0 Å². The van der Waals surface area contributed by atoms with Crippen LogP contribution < -0.4 is 4.74 Å². The number of rotatable bonds is 3. The second-order valence-electron chi connectivity index (χ2n) is 3.03. The monoisotopic (exact) mass is 312 g/mol. The third kappa shape index (κ3) is 4.26. The Morgan fingerprint density at radius 2 is 2.06 bits per heavy atom. The van der Waals surface area contributed by atoms with Crippen LogP contribution in [0.4, 0.5) is 13.2 Å². The zero-order valence-electron chi connectivity index (χ0n) is 8.68. The van der Waals surface area contributed by atoms with Crippen LogP contribution in [0.25, 0.3) is 0 Å². The first-order chi connectivity index (χ1) is 7.83. The summed E-state index contributed by atoms with van der Waals surface area (Å²) in [5, 5.41) is 0. The second-order valence-corrected chi connectivity index (χ2v) is 3.82. The molecular formula is C10H8BrF3O3. The van der Waals surface area contributed by atoms with Crippen LogP contribution in [0.5, 0.6) is 5.75 Å². The highest BCUT2D eigenvalue weighted by Gasteiger charge is 2.32. The first-order valence-electron chi connectivity index (χ1n) is 4.43. The van der Waals surface area contributed by atoms with Gasteiger partial charge in [0, 0.05) is 0 Å². The molecule has 0 saturated carbocycles. The van der Waals surface area contributed by atoms with E-state index in [4.69, 9.17) is 0 Å². The van der Waals surface area contributed by atoms with Crippen molar-refractivity contribution in [1.29, 1.82) is 0 Å². The van der Waals surface area contributed by atoms with Crippen LogP contribution in [-0.4, -0.2) is 19.4 Å².